The lowest BCUT2D eigenvalue weighted by molar-refractivity contribution is -0.162. The van der Waals surface area contributed by atoms with Gasteiger partial charge < -0.3 is 4.74 Å². The summed E-state index contributed by atoms with van der Waals surface area (Å²) < 4.78 is 5.69. The number of unbranched alkanes of at least 4 members (excludes halogenated alkanes) is 2. The number of hydrogen-bond acceptors (Lipinski definition) is 2. The Morgan fingerprint density at radius 1 is 1.44 bits per heavy atom. The number of allylic oxidation sites excluding steroid dienone is 2. The Kier molecular flexibility index (Phi) is 5.90. The Hall–Kier alpha value is -0.790. The molecule has 0 aromatic heterocycles. The lowest BCUT2D eigenvalue weighted by Gasteiger charge is -2.35. The highest BCUT2D eigenvalue weighted by molar-refractivity contribution is 5.69. The van der Waals surface area contributed by atoms with Crippen LogP contribution in [-0.2, 0) is 9.53 Å². The highest BCUT2D eigenvalue weighted by atomic mass is 16.6. The quantitative estimate of drug-likeness (QED) is 0.391. The second-order valence-electron chi connectivity index (χ2n) is 6.06. The zero-order chi connectivity index (χ0) is 13.6. The fraction of sp³-hybridized carbons (Fsp3) is 0.812. The van der Waals surface area contributed by atoms with Crippen molar-refractivity contribution in [2.45, 2.75) is 78.2 Å². The van der Waals surface area contributed by atoms with E-state index in [4.69, 9.17) is 4.74 Å². The number of carbonyl (C=O) groups is 1. The van der Waals surface area contributed by atoms with Gasteiger partial charge in [0, 0.05) is 12.3 Å². The summed E-state index contributed by atoms with van der Waals surface area (Å²) in [5, 5.41) is 0. The van der Waals surface area contributed by atoms with Gasteiger partial charge in [-0.25, -0.2) is 0 Å². The van der Waals surface area contributed by atoms with E-state index in [1.165, 1.54) is 5.57 Å². The Morgan fingerprint density at radius 3 is 2.72 bits per heavy atom. The van der Waals surface area contributed by atoms with E-state index in [9.17, 15) is 4.79 Å². The molecule has 1 atom stereocenters. The molecule has 0 aliphatic heterocycles. The minimum Gasteiger partial charge on any atom is -0.459 e. The van der Waals surface area contributed by atoms with Gasteiger partial charge in [0.05, 0.1) is 0 Å². The molecule has 0 radical (unpaired) electrons. The fourth-order valence-corrected chi connectivity index (χ4v) is 2.54. The normalized spacial score (nSPS) is 20.4. The molecular weight excluding hydrogens is 224 g/mol. The summed E-state index contributed by atoms with van der Waals surface area (Å²) in [5.41, 5.74) is 1.15. The molecule has 1 aliphatic rings. The van der Waals surface area contributed by atoms with Crippen LogP contribution in [0.15, 0.2) is 11.6 Å². The zero-order valence-electron chi connectivity index (χ0n) is 12.4. The van der Waals surface area contributed by atoms with Crippen molar-refractivity contribution in [1.29, 1.82) is 0 Å². The van der Waals surface area contributed by atoms with E-state index >= 15 is 0 Å². The van der Waals surface area contributed by atoms with Crippen LogP contribution < -0.4 is 0 Å². The molecule has 0 N–H and O–H groups in total. The van der Waals surface area contributed by atoms with Crippen LogP contribution in [0.5, 0.6) is 0 Å². The van der Waals surface area contributed by atoms with Crippen LogP contribution in [0.1, 0.15) is 72.6 Å². The van der Waals surface area contributed by atoms with E-state index in [2.05, 4.69) is 33.8 Å². The molecule has 2 heteroatoms. The van der Waals surface area contributed by atoms with E-state index in [-0.39, 0.29) is 11.6 Å². The monoisotopic (exact) mass is 252 g/mol. The number of hydrogen-bond donors (Lipinski definition) is 0. The van der Waals surface area contributed by atoms with Crippen molar-refractivity contribution < 1.29 is 9.53 Å². The molecule has 0 aromatic rings. The SMILES string of the molecule is CCCCCC(=O)OC(C)(C)C1CC=C(C)CC1. The average Bonchev–Trinajstić information content (AvgIpc) is 2.29. The van der Waals surface area contributed by atoms with Gasteiger partial charge in [-0.05, 0) is 46.5 Å². The molecule has 0 saturated heterocycles. The largest absolute Gasteiger partial charge is 0.459 e. The van der Waals surface area contributed by atoms with Crippen molar-refractivity contribution in [3.05, 3.63) is 11.6 Å². The molecule has 0 heterocycles. The molecule has 1 rings (SSSR count). The summed E-state index contributed by atoms with van der Waals surface area (Å²) in [6.45, 7) is 8.44. The van der Waals surface area contributed by atoms with Crippen molar-refractivity contribution in [3.63, 3.8) is 0 Å². The number of carbonyl (C=O) groups excluding carboxylic acids is 1. The van der Waals surface area contributed by atoms with Crippen molar-refractivity contribution >= 4 is 5.97 Å². The van der Waals surface area contributed by atoms with Crippen molar-refractivity contribution in [2.24, 2.45) is 5.92 Å². The van der Waals surface area contributed by atoms with Gasteiger partial charge >= 0.3 is 5.97 Å². The number of esters is 1. The first-order chi connectivity index (χ1) is 8.45. The summed E-state index contributed by atoms with van der Waals surface area (Å²) in [6.07, 6.45) is 9.39. The van der Waals surface area contributed by atoms with Crippen LogP contribution in [0, 0.1) is 5.92 Å². The fourth-order valence-electron chi connectivity index (χ4n) is 2.54. The minimum absolute atomic E-state index is 0.0280. The summed E-state index contributed by atoms with van der Waals surface area (Å²) in [6, 6.07) is 0. The van der Waals surface area contributed by atoms with E-state index in [1.807, 2.05) is 0 Å². The van der Waals surface area contributed by atoms with Crippen LogP contribution in [0.25, 0.3) is 0 Å². The van der Waals surface area contributed by atoms with Crippen molar-refractivity contribution in [2.75, 3.05) is 0 Å². The topological polar surface area (TPSA) is 26.3 Å². The van der Waals surface area contributed by atoms with E-state index in [0.29, 0.717) is 12.3 Å². The Bertz CT molecular complexity index is 302. The van der Waals surface area contributed by atoms with Gasteiger partial charge in [-0.15, -0.1) is 0 Å². The van der Waals surface area contributed by atoms with Gasteiger partial charge in [-0.3, -0.25) is 4.79 Å². The van der Waals surface area contributed by atoms with Gasteiger partial charge in [0.15, 0.2) is 0 Å². The molecular formula is C16H28O2. The van der Waals surface area contributed by atoms with Crippen LogP contribution in [0.3, 0.4) is 0 Å². The maximum absolute atomic E-state index is 11.8. The predicted molar refractivity (Wildman–Crippen MR) is 75.4 cm³/mol. The van der Waals surface area contributed by atoms with Gasteiger partial charge in [-0.1, -0.05) is 31.4 Å². The van der Waals surface area contributed by atoms with Crippen molar-refractivity contribution in [1.82, 2.24) is 0 Å². The highest BCUT2D eigenvalue weighted by Crippen LogP contribution is 2.34. The molecule has 2 nitrogen and oxygen atoms in total. The third kappa shape index (κ3) is 4.83. The molecule has 0 bridgehead atoms. The average molecular weight is 252 g/mol. The summed E-state index contributed by atoms with van der Waals surface area (Å²) >= 11 is 0. The third-order valence-corrected chi connectivity index (χ3v) is 3.98. The maximum atomic E-state index is 11.8. The molecule has 1 unspecified atom stereocenters. The summed E-state index contributed by atoms with van der Waals surface area (Å²) in [5.74, 6) is 0.441. The van der Waals surface area contributed by atoms with E-state index < -0.39 is 0 Å². The second kappa shape index (κ2) is 6.96. The number of ether oxygens (including phenoxy) is 1. The van der Waals surface area contributed by atoms with Gasteiger partial charge in [0.2, 0.25) is 0 Å². The lowest BCUT2D eigenvalue weighted by atomic mass is 9.79. The summed E-state index contributed by atoms with van der Waals surface area (Å²) in [7, 11) is 0. The van der Waals surface area contributed by atoms with Crippen LogP contribution >= 0.6 is 0 Å². The Morgan fingerprint density at radius 2 is 2.17 bits per heavy atom. The smallest absolute Gasteiger partial charge is 0.306 e. The second-order valence-corrected chi connectivity index (χ2v) is 6.06. The highest BCUT2D eigenvalue weighted by Gasteiger charge is 2.33. The maximum Gasteiger partial charge on any atom is 0.306 e. The van der Waals surface area contributed by atoms with Gasteiger partial charge in [0.25, 0.3) is 0 Å². The number of rotatable bonds is 6. The lowest BCUT2D eigenvalue weighted by Crippen LogP contribution is -2.37. The van der Waals surface area contributed by atoms with Crippen LogP contribution in [-0.4, -0.2) is 11.6 Å². The molecule has 0 fully saturated rings. The van der Waals surface area contributed by atoms with Gasteiger partial charge in [0.1, 0.15) is 5.60 Å². The molecule has 18 heavy (non-hydrogen) atoms. The molecule has 1 aliphatic carbocycles. The predicted octanol–water partition coefficient (Wildman–Crippen LogP) is 4.63. The van der Waals surface area contributed by atoms with Crippen molar-refractivity contribution in [3.8, 4) is 0 Å². The Labute approximate surface area is 112 Å². The first-order valence-electron chi connectivity index (χ1n) is 7.33. The van der Waals surface area contributed by atoms with Gasteiger partial charge in [-0.2, -0.15) is 0 Å². The third-order valence-electron chi connectivity index (χ3n) is 3.98. The van der Waals surface area contributed by atoms with Crippen LogP contribution in [0.2, 0.25) is 0 Å². The minimum atomic E-state index is -0.319. The first kappa shape index (κ1) is 15.3. The van der Waals surface area contributed by atoms with E-state index in [1.54, 1.807) is 0 Å². The standard InChI is InChI=1S/C16H28O2/c1-5-6-7-8-15(17)18-16(3,4)14-11-9-13(2)10-12-14/h9,14H,5-8,10-12H2,1-4H3. The molecule has 0 aromatic carbocycles. The van der Waals surface area contributed by atoms with Crippen LogP contribution in [0.4, 0.5) is 0 Å². The molecule has 0 saturated carbocycles. The Balaban J connectivity index is 2.41. The molecule has 104 valence electrons. The van der Waals surface area contributed by atoms with E-state index in [0.717, 1.165) is 38.5 Å². The zero-order valence-corrected chi connectivity index (χ0v) is 12.4. The molecule has 0 amide bonds. The first-order valence-corrected chi connectivity index (χ1v) is 7.33. The summed E-state index contributed by atoms with van der Waals surface area (Å²) in [4.78, 5) is 11.8. The molecule has 0 spiro atoms.